The molecule has 1 heterocycles. The zero-order valence-corrected chi connectivity index (χ0v) is 12.4. The number of likely N-dealkylation sites (N-methyl/N-ethyl adjacent to an activating group) is 1. The smallest absolute Gasteiger partial charge is 0.0794 e. The molecule has 1 aliphatic rings. The molecule has 1 fully saturated rings. The van der Waals surface area contributed by atoms with E-state index in [4.69, 9.17) is 0 Å². The molecular weight excluding hydrogens is 244 g/mol. The second-order valence-electron chi connectivity index (χ2n) is 5.87. The highest BCUT2D eigenvalue weighted by Gasteiger charge is 2.42. The van der Waals surface area contributed by atoms with Crippen LogP contribution in [0.15, 0.2) is 11.7 Å². The Morgan fingerprint density at radius 3 is 2.67 bits per heavy atom. The molecule has 1 atom stereocenters. The Balaban J connectivity index is 2.09. The van der Waals surface area contributed by atoms with Crippen molar-refractivity contribution in [3.05, 3.63) is 16.6 Å². The third-order valence-corrected chi connectivity index (χ3v) is 5.33. The van der Waals surface area contributed by atoms with Crippen molar-refractivity contribution in [1.29, 1.82) is 0 Å². The number of rotatable bonds is 4. The molecule has 1 aliphatic carbocycles. The lowest BCUT2D eigenvalue weighted by atomic mass is 9.72. The molecular formula is C14H24N2OS. The van der Waals surface area contributed by atoms with E-state index in [1.807, 2.05) is 11.7 Å². The minimum Gasteiger partial charge on any atom is -0.391 e. The number of hydrogen-bond acceptors (Lipinski definition) is 4. The molecule has 0 amide bonds. The van der Waals surface area contributed by atoms with Gasteiger partial charge in [0, 0.05) is 23.0 Å². The van der Waals surface area contributed by atoms with E-state index in [1.165, 1.54) is 17.7 Å². The Morgan fingerprint density at radius 1 is 1.50 bits per heavy atom. The van der Waals surface area contributed by atoms with Crippen molar-refractivity contribution in [2.24, 2.45) is 5.92 Å². The minimum absolute atomic E-state index is 0.0451. The van der Waals surface area contributed by atoms with Crippen molar-refractivity contribution >= 4 is 11.3 Å². The number of hydrogen-bond donors (Lipinski definition) is 1. The summed E-state index contributed by atoms with van der Waals surface area (Å²) in [5, 5.41) is 10.7. The monoisotopic (exact) mass is 268 g/mol. The maximum atomic E-state index is 10.7. The third-order valence-electron chi connectivity index (χ3n) is 4.53. The predicted molar refractivity (Wildman–Crippen MR) is 75.9 cm³/mol. The second kappa shape index (κ2) is 5.68. The maximum absolute atomic E-state index is 10.7. The van der Waals surface area contributed by atoms with Gasteiger partial charge in [0.2, 0.25) is 0 Å². The van der Waals surface area contributed by atoms with E-state index in [2.05, 4.69) is 30.9 Å². The van der Waals surface area contributed by atoms with Crippen LogP contribution in [0.5, 0.6) is 0 Å². The van der Waals surface area contributed by atoms with Crippen molar-refractivity contribution in [3.63, 3.8) is 0 Å². The largest absolute Gasteiger partial charge is 0.391 e. The lowest BCUT2D eigenvalue weighted by Gasteiger charge is -2.47. The van der Waals surface area contributed by atoms with E-state index >= 15 is 0 Å². The van der Waals surface area contributed by atoms with Crippen LogP contribution in [0, 0.1) is 5.92 Å². The van der Waals surface area contributed by atoms with Crippen LogP contribution in [0.2, 0.25) is 0 Å². The van der Waals surface area contributed by atoms with E-state index in [1.54, 1.807) is 11.3 Å². The Labute approximate surface area is 114 Å². The standard InChI is InChI=1S/C14H24N2OS/c1-11-4-6-14(7-5-11,16(2)3)13(17)8-12-9-15-10-18-12/h9-11,13,17H,4-8H2,1-3H3. The highest BCUT2D eigenvalue weighted by atomic mass is 32.1. The minimum atomic E-state index is -0.291. The van der Waals surface area contributed by atoms with Gasteiger partial charge in [0.1, 0.15) is 0 Å². The van der Waals surface area contributed by atoms with Crippen molar-refractivity contribution < 1.29 is 5.11 Å². The Morgan fingerprint density at radius 2 is 2.17 bits per heavy atom. The Bertz CT molecular complexity index is 356. The summed E-state index contributed by atoms with van der Waals surface area (Å²) in [6, 6.07) is 0. The van der Waals surface area contributed by atoms with Crippen LogP contribution < -0.4 is 0 Å². The van der Waals surface area contributed by atoms with Gasteiger partial charge in [-0.1, -0.05) is 6.92 Å². The van der Waals surface area contributed by atoms with Crippen molar-refractivity contribution in [1.82, 2.24) is 9.88 Å². The first-order valence-corrected chi connectivity index (χ1v) is 7.65. The van der Waals surface area contributed by atoms with Crippen LogP contribution in [-0.4, -0.2) is 40.7 Å². The van der Waals surface area contributed by atoms with Gasteiger partial charge in [0.25, 0.3) is 0 Å². The third kappa shape index (κ3) is 2.76. The molecule has 1 unspecified atom stereocenters. The van der Waals surface area contributed by atoms with Gasteiger partial charge in [-0.2, -0.15) is 0 Å². The second-order valence-corrected chi connectivity index (χ2v) is 6.84. The van der Waals surface area contributed by atoms with Crippen molar-refractivity contribution in [3.8, 4) is 0 Å². The molecule has 1 saturated carbocycles. The fourth-order valence-electron chi connectivity index (χ4n) is 3.06. The number of nitrogens with zero attached hydrogens (tertiary/aromatic N) is 2. The molecule has 18 heavy (non-hydrogen) atoms. The first kappa shape index (κ1) is 14.0. The molecule has 0 bridgehead atoms. The van der Waals surface area contributed by atoms with Gasteiger partial charge in [-0.25, -0.2) is 0 Å². The maximum Gasteiger partial charge on any atom is 0.0794 e. The molecule has 0 radical (unpaired) electrons. The van der Waals surface area contributed by atoms with E-state index in [0.29, 0.717) is 0 Å². The summed E-state index contributed by atoms with van der Waals surface area (Å²) in [6.45, 7) is 2.31. The van der Waals surface area contributed by atoms with E-state index in [-0.39, 0.29) is 11.6 Å². The van der Waals surface area contributed by atoms with Gasteiger partial charge in [-0.3, -0.25) is 4.98 Å². The van der Waals surface area contributed by atoms with Gasteiger partial charge in [0.05, 0.1) is 11.6 Å². The van der Waals surface area contributed by atoms with Crippen LogP contribution in [0.4, 0.5) is 0 Å². The van der Waals surface area contributed by atoms with Gasteiger partial charge in [-0.15, -0.1) is 11.3 Å². The average molecular weight is 268 g/mol. The first-order valence-electron chi connectivity index (χ1n) is 6.77. The first-order chi connectivity index (χ1) is 8.54. The van der Waals surface area contributed by atoms with Gasteiger partial charge < -0.3 is 10.0 Å². The van der Waals surface area contributed by atoms with Crippen LogP contribution in [0.1, 0.15) is 37.5 Å². The van der Waals surface area contributed by atoms with Crippen LogP contribution >= 0.6 is 11.3 Å². The van der Waals surface area contributed by atoms with Crippen molar-refractivity contribution in [2.75, 3.05) is 14.1 Å². The lowest BCUT2D eigenvalue weighted by Crippen LogP contribution is -2.56. The van der Waals surface area contributed by atoms with Crippen molar-refractivity contribution in [2.45, 2.75) is 50.7 Å². The van der Waals surface area contributed by atoms with Gasteiger partial charge in [-0.05, 0) is 45.7 Å². The summed E-state index contributed by atoms with van der Waals surface area (Å²) in [7, 11) is 4.21. The van der Waals surface area contributed by atoms with Gasteiger partial charge in [0.15, 0.2) is 0 Å². The van der Waals surface area contributed by atoms with Crippen LogP contribution in [-0.2, 0) is 6.42 Å². The topological polar surface area (TPSA) is 36.4 Å². The molecule has 0 spiro atoms. The molecule has 3 nitrogen and oxygen atoms in total. The fourth-order valence-corrected chi connectivity index (χ4v) is 3.70. The molecule has 1 aromatic rings. The SMILES string of the molecule is CC1CCC(C(O)Cc2cncs2)(N(C)C)CC1. The van der Waals surface area contributed by atoms with E-state index in [9.17, 15) is 5.11 Å². The summed E-state index contributed by atoms with van der Waals surface area (Å²) in [6.07, 6.45) is 6.96. The molecule has 1 N–H and O–H groups in total. The number of aliphatic hydroxyl groups excluding tert-OH is 1. The normalized spacial score (nSPS) is 30.6. The van der Waals surface area contributed by atoms with Gasteiger partial charge >= 0.3 is 0 Å². The Kier molecular flexibility index (Phi) is 4.41. The molecule has 0 aromatic carbocycles. The highest BCUT2D eigenvalue weighted by molar-refractivity contribution is 7.09. The summed E-state index contributed by atoms with van der Waals surface area (Å²) in [5.74, 6) is 0.800. The Hall–Kier alpha value is -0.450. The zero-order chi connectivity index (χ0) is 13.2. The average Bonchev–Trinajstić information content (AvgIpc) is 2.82. The fraction of sp³-hybridized carbons (Fsp3) is 0.786. The van der Waals surface area contributed by atoms with Crippen LogP contribution in [0.25, 0.3) is 0 Å². The lowest BCUT2D eigenvalue weighted by molar-refractivity contribution is -0.0378. The summed E-state index contributed by atoms with van der Waals surface area (Å²) in [4.78, 5) is 7.52. The summed E-state index contributed by atoms with van der Waals surface area (Å²) < 4.78 is 0. The highest BCUT2D eigenvalue weighted by Crippen LogP contribution is 2.38. The van der Waals surface area contributed by atoms with E-state index in [0.717, 1.165) is 25.2 Å². The summed E-state index contributed by atoms with van der Waals surface area (Å²) in [5.41, 5.74) is 1.80. The zero-order valence-electron chi connectivity index (χ0n) is 11.6. The molecule has 0 saturated heterocycles. The summed E-state index contributed by atoms with van der Waals surface area (Å²) >= 11 is 1.64. The number of aromatic nitrogens is 1. The molecule has 0 aliphatic heterocycles. The number of thiazole rings is 1. The predicted octanol–water partition coefficient (Wildman–Crippen LogP) is 2.56. The molecule has 2 rings (SSSR count). The molecule has 102 valence electrons. The molecule has 4 heteroatoms. The quantitative estimate of drug-likeness (QED) is 0.911. The van der Waals surface area contributed by atoms with E-state index < -0.39 is 0 Å². The number of aliphatic hydroxyl groups is 1. The molecule has 1 aromatic heterocycles. The van der Waals surface area contributed by atoms with Crippen LogP contribution in [0.3, 0.4) is 0 Å².